The van der Waals surface area contributed by atoms with Crippen LogP contribution in [0.15, 0.2) is 23.3 Å². The second kappa shape index (κ2) is 7.03. The largest absolute Gasteiger partial charge is 0.462 e. The van der Waals surface area contributed by atoms with Crippen molar-refractivity contribution in [3.8, 4) is 0 Å². The first-order valence-electron chi connectivity index (χ1n) is 8.55. The van der Waals surface area contributed by atoms with Gasteiger partial charge in [0, 0.05) is 0 Å². The third-order valence-corrected chi connectivity index (χ3v) is 5.73. The fourth-order valence-corrected chi connectivity index (χ4v) is 4.33. The van der Waals surface area contributed by atoms with E-state index in [1.807, 2.05) is 0 Å². The van der Waals surface area contributed by atoms with Gasteiger partial charge in [0.1, 0.15) is 9.71 Å². The van der Waals surface area contributed by atoms with Crippen molar-refractivity contribution in [1.82, 2.24) is 9.55 Å². The average molecular weight is 370 g/mol. The van der Waals surface area contributed by atoms with Gasteiger partial charge in [0.15, 0.2) is 0 Å². The Balaban J connectivity index is 2.09. The lowest BCUT2D eigenvalue weighted by Crippen LogP contribution is -2.22. The molecule has 1 aromatic carbocycles. The first-order valence-corrected chi connectivity index (χ1v) is 9.37. The predicted molar refractivity (Wildman–Crippen MR) is 104 cm³/mol. The monoisotopic (exact) mass is 370 g/mol. The predicted octanol–water partition coefficient (Wildman–Crippen LogP) is 3.92. The summed E-state index contributed by atoms with van der Waals surface area (Å²) < 4.78 is 6.69. The number of esters is 1. The van der Waals surface area contributed by atoms with Gasteiger partial charge in [-0.05, 0) is 56.9 Å². The number of ether oxygens (including phenoxy) is 1. The molecule has 0 unspecified atom stereocenters. The minimum atomic E-state index is -0.399. The average Bonchev–Trinajstić information content (AvgIpc) is 2.90. The SMILES string of the molecule is CCOC(=O)c1sc2ncn(Cc3c(C)cc(C)cc3C)c(=O)c2c1C. The van der Waals surface area contributed by atoms with E-state index in [9.17, 15) is 9.59 Å². The van der Waals surface area contributed by atoms with Gasteiger partial charge in [-0.1, -0.05) is 17.7 Å². The summed E-state index contributed by atoms with van der Waals surface area (Å²) in [5.74, 6) is -0.399. The normalized spacial score (nSPS) is 11.1. The van der Waals surface area contributed by atoms with Crippen molar-refractivity contribution < 1.29 is 9.53 Å². The Hall–Kier alpha value is -2.47. The summed E-state index contributed by atoms with van der Waals surface area (Å²) in [7, 11) is 0. The topological polar surface area (TPSA) is 61.2 Å². The number of fused-ring (bicyclic) bond motifs is 1. The second-order valence-corrected chi connectivity index (χ2v) is 7.51. The number of aromatic nitrogens is 2. The standard InChI is InChI=1S/C20H22N2O3S/c1-6-25-20(24)17-14(5)16-18(26-17)21-10-22(19(16)23)9-15-12(3)7-11(2)8-13(15)4/h7-8,10H,6,9H2,1-5H3. The Morgan fingerprint density at radius 3 is 2.46 bits per heavy atom. The summed E-state index contributed by atoms with van der Waals surface area (Å²) in [5, 5.41) is 0.503. The number of carbonyl (C=O) groups is 1. The smallest absolute Gasteiger partial charge is 0.348 e. The summed E-state index contributed by atoms with van der Waals surface area (Å²) in [4.78, 5) is 30.5. The fraction of sp³-hybridized carbons (Fsp3) is 0.350. The van der Waals surface area contributed by atoms with Crippen LogP contribution in [0, 0.1) is 27.7 Å². The van der Waals surface area contributed by atoms with E-state index in [0.29, 0.717) is 33.8 Å². The Kier molecular flexibility index (Phi) is 4.96. The molecule has 136 valence electrons. The molecule has 26 heavy (non-hydrogen) atoms. The Morgan fingerprint density at radius 2 is 1.85 bits per heavy atom. The first kappa shape index (κ1) is 18.3. The maximum absolute atomic E-state index is 13.0. The number of nitrogens with zero attached hydrogens (tertiary/aromatic N) is 2. The van der Waals surface area contributed by atoms with E-state index < -0.39 is 5.97 Å². The maximum atomic E-state index is 13.0. The minimum Gasteiger partial charge on any atom is -0.462 e. The van der Waals surface area contributed by atoms with Crippen LogP contribution in [0.4, 0.5) is 0 Å². The first-order chi connectivity index (χ1) is 12.3. The summed E-state index contributed by atoms with van der Waals surface area (Å²) in [6, 6.07) is 4.24. The number of hydrogen-bond acceptors (Lipinski definition) is 5. The summed E-state index contributed by atoms with van der Waals surface area (Å²) in [5.41, 5.74) is 5.16. The lowest BCUT2D eigenvalue weighted by atomic mass is 10.00. The fourth-order valence-electron chi connectivity index (χ4n) is 3.29. The van der Waals surface area contributed by atoms with E-state index >= 15 is 0 Å². The highest BCUT2D eigenvalue weighted by Gasteiger charge is 2.20. The van der Waals surface area contributed by atoms with E-state index in [1.54, 1.807) is 24.7 Å². The van der Waals surface area contributed by atoms with Crippen LogP contribution >= 0.6 is 11.3 Å². The zero-order chi connectivity index (χ0) is 19.0. The molecule has 0 radical (unpaired) electrons. The molecular formula is C20H22N2O3S. The van der Waals surface area contributed by atoms with Gasteiger partial charge in [-0.25, -0.2) is 9.78 Å². The minimum absolute atomic E-state index is 0.126. The molecule has 0 aliphatic heterocycles. The zero-order valence-corrected chi connectivity index (χ0v) is 16.5. The van der Waals surface area contributed by atoms with E-state index in [2.05, 4.69) is 37.9 Å². The van der Waals surface area contributed by atoms with Crippen molar-refractivity contribution in [1.29, 1.82) is 0 Å². The number of aryl methyl sites for hydroxylation is 4. The van der Waals surface area contributed by atoms with Gasteiger partial charge < -0.3 is 4.74 Å². The number of benzene rings is 1. The molecule has 0 fully saturated rings. The Bertz CT molecular complexity index is 1040. The quantitative estimate of drug-likeness (QED) is 0.653. The van der Waals surface area contributed by atoms with Crippen molar-refractivity contribution in [2.45, 2.75) is 41.2 Å². The van der Waals surface area contributed by atoms with Gasteiger partial charge in [0.05, 0.1) is 24.9 Å². The molecule has 0 saturated heterocycles. The van der Waals surface area contributed by atoms with Crippen LogP contribution in [-0.2, 0) is 11.3 Å². The van der Waals surface area contributed by atoms with Crippen molar-refractivity contribution >= 4 is 27.5 Å². The lowest BCUT2D eigenvalue weighted by Gasteiger charge is -2.13. The third kappa shape index (κ3) is 3.17. The molecule has 0 spiro atoms. The van der Waals surface area contributed by atoms with E-state index in [1.165, 1.54) is 16.9 Å². The van der Waals surface area contributed by atoms with Crippen LogP contribution in [0.2, 0.25) is 0 Å². The molecule has 0 amide bonds. The molecule has 3 aromatic rings. The summed E-state index contributed by atoms with van der Waals surface area (Å²) in [6.45, 7) is 10.5. The van der Waals surface area contributed by atoms with E-state index in [0.717, 1.165) is 16.7 Å². The molecule has 0 aliphatic rings. The van der Waals surface area contributed by atoms with Gasteiger partial charge in [-0.3, -0.25) is 9.36 Å². The van der Waals surface area contributed by atoms with Crippen LogP contribution in [0.1, 0.15) is 44.4 Å². The van der Waals surface area contributed by atoms with Crippen molar-refractivity contribution in [3.63, 3.8) is 0 Å². The van der Waals surface area contributed by atoms with E-state index in [4.69, 9.17) is 4.74 Å². The Labute approximate surface area is 156 Å². The summed E-state index contributed by atoms with van der Waals surface area (Å²) in [6.07, 6.45) is 1.56. The molecule has 0 N–H and O–H groups in total. The number of hydrogen-bond donors (Lipinski definition) is 0. The molecule has 2 aromatic heterocycles. The number of rotatable bonds is 4. The second-order valence-electron chi connectivity index (χ2n) is 6.51. The highest BCUT2D eigenvalue weighted by Crippen LogP contribution is 2.27. The number of thiophene rings is 1. The van der Waals surface area contributed by atoms with Gasteiger partial charge >= 0.3 is 5.97 Å². The highest BCUT2D eigenvalue weighted by atomic mass is 32.1. The van der Waals surface area contributed by atoms with Crippen molar-refractivity contribution in [3.05, 3.63) is 61.5 Å². The van der Waals surface area contributed by atoms with Crippen LogP contribution in [0.3, 0.4) is 0 Å². The molecule has 6 heteroatoms. The molecule has 0 aliphatic carbocycles. The van der Waals surface area contributed by atoms with Gasteiger partial charge in [0.2, 0.25) is 0 Å². The van der Waals surface area contributed by atoms with Crippen LogP contribution in [-0.4, -0.2) is 22.1 Å². The molecule has 0 saturated carbocycles. The third-order valence-electron chi connectivity index (χ3n) is 4.55. The van der Waals surface area contributed by atoms with Gasteiger partial charge in [-0.2, -0.15) is 0 Å². The Morgan fingerprint density at radius 1 is 1.19 bits per heavy atom. The molecule has 0 bridgehead atoms. The molecule has 5 nitrogen and oxygen atoms in total. The molecule has 2 heterocycles. The van der Waals surface area contributed by atoms with Crippen molar-refractivity contribution in [2.24, 2.45) is 0 Å². The molecule has 3 rings (SSSR count). The van der Waals surface area contributed by atoms with Gasteiger partial charge in [0.25, 0.3) is 5.56 Å². The van der Waals surface area contributed by atoms with Crippen LogP contribution in [0.25, 0.3) is 10.2 Å². The lowest BCUT2D eigenvalue weighted by molar-refractivity contribution is 0.0531. The van der Waals surface area contributed by atoms with E-state index in [-0.39, 0.29) is 5.56 Å². The zero-order valence-electron chi connectivity index (χ0n) is 15.7. The molecular weight excluding hydrogens is 348 g/mol. The summed E-state index contributed by atoms with van der Waals surface area (Å²) >= 11 is 1.21. The van der Waals surface area contributed by atoms with Gasteiger partial charge in [-0.15, -0.1) is 11.3 Å². The highest BCUT2D eigenvalue weighted by molar-refractivity contribution is 7.20. The van der Waals surface area contributed by atoms with Crippen LogP contribution < -0.4 is 5.56 Å². The van der Waals surface area contributed by atoms with Crippen LogP contribution in [0.5, 0.6) is 0 Å². The molecule has 0 atom stereocenters. The number of carbonyl (C=O) groups excluding carboxylic acids is 1. The maximum Gasteiger partial charge on any atom is 0.348 e. The van der Waals surface area contributed by atoms with Crippen molar-refractivity contribution in [2.75, 3.05) is 6.61 Å².